The standard InChI is InChI=1S/C19H14ClN3O3S/c20-15-10-9-14(12-16(15)23(25)26)22-19(24)18(13-6-2-1-3-7-13)27-17-8-4-5-11-21-17/h1-12,18H,(H,22,24)/t18-/m0/s1. The van der Waals surface area contributed by atoms with E-state index in [-0.39, 0.29) is 16.6 Å². The van der Waals surface area contributed by atoms with E-state index in [2.05, 4.69) is 10.3 Å². The van der Waals surface area contributed by atoms with Crippen molar-refractivity contribution >= 4 is 40.6 Å². The van der Waals surface area contributed by atoms with Gasteiger partial charge in [0.05, 0.1) is 9.95 Å². The lowest BCUT2D eigenvalue weighted by molar-refractivity contribution is -0.384. The van der Waals surface area contributed by atoms with Gasteiger partial charge in [0, 0.05) is 18.0 Å². The van der Waals surface area contributed by atoms with Gasteiger partial charge in [0.25, 0.3) is 5.69 Å². The molecule has 0 radical (unpaired) electrons. The predicted octanol–water partition coefficient (Wildman–Crippen LogP) is 5.12. The fraction of sp³-hybridized carbons (Fsp3) is 0.0526. The van der Waals surface area contributed by atoms with Crippen molar-refractivity contribution in [2.24, 2.45) is 0 Å². The van der Waals surface area contributed by atoms with Crippen LogP contribution in [0.1, 0.15) is 10.8 Å². The quantitative estimate of drug-likeness (QED) is 0.353. The first kappa shape index (κ1) is 18.9. The van der Waals surface area contributed by atoms with Crippen molar-refractivity contribution in [1.29, 1.82) is 0 Å². The molecule has 3 rings (SSSR count). The van der Waals surface area contributed by atoms with Gasteiger partial charge in [-0.1, -0.05) is 59.8 Å². The van der Waals surface area contributed by atoms with Gasteiger partial charge in [-0.25, -0.2) is 4.98 Å². The molecule has 0 saturated heterocycles. The second kappa shape index (κ2) is 8.66. The van der Waals surface area contributed by atoms with Crippen molar-refractivity contribution in [1.82, 2.24) is 4.98 Å². The minimum atomic E-state index is -0.588. The Morgan fingerprint density at radius 3 is 2.52 bits per heavy atom. The zero-order chi connectivity index (χ0) is 19.2. The van der Waals surface area contributed by atoms with E-state index >= 15 is 0 Å². The third kappa shape index (κ3) is 4.84. The number of hydrogen-bond acceptors (Lipinski definition) is 5. The molecule has 2 aromatic carbocycles. The largest absolute Gasteiger partial charge is 0.325 e. The van der Waals surface area contributed by atoms with Crippen LogP contribution in [-0.2, 0) is 4.79 Å². The van der Waals surface area contributed by atoms with E-state index in [0.29, 0.717) is 10.7 Å². The molecule has 0 saturated carbocycles. The van der Waals surface area contributed by atoms with Crippen LogP contribution in [0.4, 0.5) is 11.4 Å². The van der Waals surface area contributed by atoms with E-state index in [1.165, 1.54) is 30.0 Å². The molecule has 6 nitrogen and oxygen atoms in total. The van der Waals surface area contributed by atoms with Crippen LogP contribution in [0.3, 0.4) is 0 Å². The summed E-state index contributed by atoms with van der Waals surface area (Å²) in [5.41, 5.74) is 0.843. The molecule has 1 N–H and O–H groups in total. The van der Waals surface area contributed by atoms with E-state index in [4.69, 9.17) is 11.6 Å². The third-order valence-corrected chi connectivity index (χ3v) is 5.15. The summed E-state index contributed by atoms with van der Waals surface area (Å²) in [6, 6.07) is 18.9. The van der Waals surface area contributed by atoms with Crippen LogP contribution in [0.25, 0.3) is 0 Å². The van der Waals surface area contributed by atoms with Crippen LogP contribution in [0.5, 0.6) is 0 Å². The van der Waals surface area contributed by atoms with E-state index in [1.807, 2.05) is 42.5 Å². The van der Waals surface area contributed by atoms with E-state index in [0.717, 1.165) is 5.56 Å². The monoisotopic (exact) mass is 399 g/mol. The Morgan fingerprint density at radius 2 is 1.85 bits per heavy atom. The molecule has 0 bridgehead atoms. The number of nitro benzene ring substituents is 1. The van der Waals surface area contributed by atoms with Gasteiger partial charge in [-0.05, 0) is 29.8 Å². The molecule has 0 unspecified atom stereocenters. The van der Waals surface area contributed by atoms with Gasteiger partial charge in [0.2, 0.25) is 5.91 Å². The van der Waals surface area contributed by atoms with Gasteiger partial charge in [-0.3, -0.25) is 14.9 Å². The maximum atomic E-state index is 12.9. The molecule has 1 heterocycles. The van der Waals surface area contributed by atoms with Crippen molar-refractivity contribution in [3.63, 3.8) is 0 Å². The number of benzene rings is 2. The Morgan fingerprint density at radius 1 is 1.11 bits per heavy atom. The number of nitrogens with zero attached hydrogens (tertiary/aromatic N) is 2. The number of thioether (sulfide) groups is 1. The van der Waals surface area contributed by atoms with Gasteiger partial charge in [0.1, 0.15) is 10.3 Å². The lowest BCUT2D eigenvalue weighted by atomic mass is 10.1. The number of amides is 1. The van der Waals surface area contributed by atoms with Crippen molar-refractivity contribution in [2.75, 3.05) is 5.32 Å². The summed E-state index contributed by atoms with van der Waals surface area (Å²) < 4.78 is 0. The van der Waals surface area contributed by atoms with Crippen molar-refractivity contribution < 1.29 is 9.72 Å². The average Bonchev–Trinajstić information content (AvgIpc) is 2.69. The molecule has 1 amide bonds. The Balaban J connectivity index is 1.87. The minimum Gasteiger partial charge on any atom is -0.325 e. The predicted molar refractivity (Wildman–Crippen MR) is 106 cm³/mol. The molecule has 136 valence electrons. The minimum absolute atomic E-state index is 0.0143. The highest BCUT2D eigenvalue weighted by atomic mass is 35.5. The smallest absolute Gasteiger partial charge is 0.289 e. The highest BCUT2D eigenvalue weighted by Crippen LogP contribution is 2.35. The third-order valence-electron chi connectivity index (χ3n) is 3.63. The van der Waals surface area contributed by atoms with Crippen LogP contribution < -0.4 is 5.32 Å². The molecule has 0 aliphatic rings. The Labute approximate surface area is 164 Å². The fourth-order valence-electron chi connectivity index (χ4n) is 2.38. The topological polar surface area (TPSA) is 85.1 Å². The summed E-state index contributed by atoms with van der Waals surface area (Å²) in [5.74, 6) is -0.312. The highest BCUT2D eigenvalue weighted by molar-refractivity contribution is 8.00. The number of hydrogen-bond donors (Lipinski definition) is 1. The number of aromatic nitrogens is 1. The zero-order valence-corrected chi connectivity index (χ0v) is 15.5. The van der Waals surface area contributed by atoms with Crippen LogP contribution >= 0.6 is 23.4 Å². The van der Waals surface area contributed by atoms with Gasteiger partial charge in [-0.15, -0.1) is 0 Å². The lowest BCUT2D eigenvalue weighted by Crippen LogP contribution is -2.19. The summed E-state index contributed by atoms with van der Waals surface area (Å²) in [5, 5.41) is 13.9. The number of pyridine rings is 1. The summed E-state index contributed by atoms with van der Waals surface area (Å²) >= 11 is 7.13. The summed E-state index contributed by atoms with van der Waals surface area (Å²) in [6.45, 7) is 0. The normalized spacial score (nSPS) is 11.6. The molecular formula is C19H14ClN3O3S. The van der Waals surface area contributed by atoms with Crippen molar-refractivity contribution in [3.8, 4) is 0 Å². The van der Waals surface area contributed by atoms with Crippen molar-refractivity contribution in [2.45, 2.75) is 10.3 Å². The van der Waals surface area contributed by atoms with Crippen LogP contribution in [0.2, 0.25) is 5.02 Å². The molecule has 0 aliphatic heterocycles. The molecule has 1 atom stereocenters. The first-order valence-corrected chi connectivity index (χ1v) is 9.18. The number of nitrogens with one attached hydrogen (secondary N) is 1. The number of carbonyl (C=O) groups excluding carboxylic acids is 1. The number of nitro groups is 1. The number of anilines is 1. The molecule has 27 heavy (non-hydrogen) atoms. The van der Waals surface area contributed by atoms with Crippen LogP contribution in [-0.4, -0.2) is 15.8 Å². The molecule has 0 spiro atoms. The molecule has 0 aliphatic carbocycles. The number of carbonyl (C=O) groups is 1. The second-order valence-corrected chi connectivity index (χ2v) is 7.02. The van der Waals surface area contributed by atoms with Crippen LogP contribution in [0.15, 0.2) is 78.0 Å². The lowest BCUT2D eigenvalue weighted by Gasteiger charge is -2.16. The summed E-state index contributed by atoms with van der Waals surface area (Å²) in [6.07, 6.45) is 1.66. The van der Waals surface area contributed by atoms with E-state index in [1.54, 1.807) is 12.3 Å². The van der Waals surface area contributed by atoms with E-state index in [9.17, 15) is 14.9 Å². The highest BCUT2D eigenvalue weighted by Gasteiger charge is 2.23. The molecule has 1 aromatic heterocycles. The van der Waals surface area contributed by atoms with Gasteiger partial charge in [-0.2, -0.15) is 0 Å². The Kier molecular flexibility index (Phi) is 6.05. The average molecular weight is 400 g/mol. The summed E-state index contributed by atoms with van der Waals surface area (Å²) in [4.78, 5) is 27.6. The number of halogens is 1. The first-order valence-electron chi connectivity index (χ1n) is 7.92. The Bertz CT molecular complexity index is 955. The SMILES string of the molecule is O=C(Nc1ccc(Cl)c([N+](=O)[O-])c1)[C@@H](Sc1ccccn1)c1ccccc1. The van der Waals surface area contributed by atoms with Crippen LogP contribution in [0, 0.1) is 10.1 Å². The van der Waals surface area contributed by atoms with Gasteiger partial charge < -0.3 is 5.32 Å². The fourth-order valence-corrected chi connectivity index (χ4v) is 3.54. The van der Waals surface area contributed by atoms with Crippen molar-refractivity contribution in [3.05, 3.63) is 93.6 Å². The molecule has 3 aromatic rings. The maximum absolute atomic E-state index is 12.9. The Hall–Kier alpha value is -2.90. The molecule has 0 fully saturated rings. The van der Waals surface area contributed by atoms with Gasteiger partial charge in [0.15, 0.2) is 0 Å². The van der Waals surface area contributed by atoms with E-state index < -0.39 is 10.2 Å². The molecule has 8 heteroatoms. The second-order valence-electron chi connectivity index (χ2n) is 5.49. The maximum Gasteiger partial charge on any atom is 0.289 e. The van der Waals surface area contributed by atoms with Gasteiger partial charge >= 0.3 is 0 Å². The summed E-state index contributed by atoms with van der Waals surface area (Å²) in [7, 11) is 0. The number of rotatable bonds is 6. The zero-order valence-electron chi connectivity index (χ0n) is 13.9. The first-order chi connectivity index (χ1) is 13.0. The molecular weight excluding hydrogens is 386 g/mol.